The summed E-state index contributed by atoms with van der Waals surface area (Å²) in [4.78, 5) is 32.7. The van der Waals surface area contributed by atoms with Crippen molar-refractivity contribution in [2.45, 2.75) is 41.5 Å². The zero-order valence-corrected chi connectivity index (χ0v) is 16.2. The van der Waals surface area contributed by atoms with Gasteiger partial charge in [-0.3, -0.25) is 19.6 Å². The third-order valence-electron chi connectivity index (χ3n) is 3.67. The number of pyridine rings is 2. The van der Waals surface area contributed by atoms with Crippen LogP contribution in [-0.2, 0) is 9.59 Å². The van der Waals surface area contributed by atoms with Gasteiger partial charge in [0, 0.05) is 10.8 Å². The van der Waals surface area contributed by atoms with Gasteiger partial charge in [-0.25, -0.2) is 0 Å². The molecule has 138 valence electrons. The molecule has 0 aliphatic carbocycles. The molecule has 0 fully saturated rings. The van der Waals surface area contributed by atoms with Gasteiger partial charge in [-0.15, -0.1) is 0 Å². The largest absolute Gasteiger partial charge is 0.324 e. The second-order valence-corrected chi connectivity index (χ2v) is 8.27. The van der Waals surface area contributed by atoms with Crippen LogP contribution in [0.3, 0.4) is 0 Å². The Bertz CT molecular complexity index is 713. The average Bonchev–Trinajstić information content (AvgIpc) is 2.54. The minimum absolute atomic E-state index is 0.0656. The minimum atomic E-state index is -0.465. The molecule has 26 heavy (non-hydrogen) atoms. The Morgan fingerprint density at radius 2 is 1.04 bits per heavy atom. The molecule has 2 amide bonds. The number of amides is 2. The van der Waals surface area contributed by atoms with Crippen molar-refractivity contribution >= 4 is 23.2 Å². The first-order valence-electron chi connectivity index (χ1n) is 8.52. The molecular weight excluding hydrogens is 328 g/mol. The molecule has 2 rings (SSSR count). The number of anilines is 2. The molecule has 6 nitrogen and oxygen atoms in total. The molecule has 0 bridgehead atoms. The van der Waals surface area contributed by atoms with Crippen LogP contribution >= 0.6 is 0 Å². The molecule has 0 aromatic carbocycles. The van der Waals surface area contributed by atoms with Crippen LogP contribution in [0, 0.1) is 10.8 Å². The van der Waals surface area contributed by atoms with E-state index in [1.54, 1.807) is 36.7 Å². The van der Waals surface area contributed by atoms with Crippen molar-refractivity contribution in [3.8, 4) is 11.4 Å². The Balaban J connectivity index is 2.08. The highest BCUT2D eigenvalue weighted by molar-refractivity contribution is 5.95. The molecule has 0 spiro atoms. The van der Waals surface area contributed by atoms with E-state index in [0.29, 0.717) is 22.8 Å². The molecule has 0 saturated carbocycles. The number of hydrogen-bond acceptors (Lipinski definition) is 4. The van der Waals surface area contributed by atoms with Crippen LogP contribution < -0.4 is 10.6 Å². The lowest BCUT2D eigenvalue weighted by Crippen LogP contribution is -2.27. The van der Waals surface area contributed by atoms with Crippen molar-refractivity contribution in [3.05, 3.63) is 36.7 Å². The second-order valence-electron chi connectivity index (χ2n) is 8.27. The van der Waals surface area contributed by atoms with Crippen molar-refractivity contribution in [2.75, 3.05) is 10.6 Å². The SMILES string of the molecule is CC(C)(C)C(=O)Nc1ccc(-c2ccc(NC(=O)C(C)(C)C)cn2)nc1. The van der Waals surface area contributed by atoms with Crippen LogP contribution in [0.15, 0.2) is 36.7 Å². The number of aromatic nitrogens is 2. The van der Waals surface area contributed by atoms with Gasteiger partial charge in [-0.2, -0.15) is 0 Å². The molecule has 2 heterocycles. The summed E-state index contributed by atoms with van der Waals surface area (Å²) in [7, 11) is 0. The fourth-order valence-electron chi connectivity index (χ4n) is 1.88. The van der Waals surface area contributed by atoms with Crippen LogP contribution in [0.1, 0.15) is 41.5 Å². The summed E-state index contributed by atoms with van der Waals surface area (Å²) >= 11 is 0. The third-order valence-corrected chi connectivity index (χ3v) is 3.67. The standard InChI is InChI=1S/C20H26N4O2/c1-19(2,3)17(25)23-13-7-9-15(21-11-13)16-10-8-14(12-22-16)24-18(26)20(4,5)6/h7-12H,1-6H3,(H,23,25)(H,24,26). The summed E-state index contributed by atoms with van der Waals surface area (Å²) in [6.45, 7) is 11.1. The van der Waals surface area contributed by atoms with Crippen molar-refractivity contribution < 1.29 is 9.59 Å². The van der Waals surface area contributed by atoms with Gasteiger partial charge in [0.1, 0.15) is 0 Å². The smallest absolute Gasteiger partial charge is 0.229 e. The highest BCUT2D eigenvalue weighted by Crippen LogP contribution is 2.21. The third kappa shape index (κ3) is 5.12. The summed E-state index contributed by atoms with van der Waals surface area (Å²) in [6.07, 6.45) is 3.21. The van der Waals surface area contributed by atoms with Gasteiger partial charge in [0.05, 0.1) is 35.2 Å². The Morgan fingerprint density at radius 1 is 0.692 bits per heavy atom. The summed E-state index contributed by atoms with van der Waals surface area (Å²) in [5, 5.41) is 5.67. The fraction of sp³-hybridized carbons (Fsp3) is 0.400. The zero-order valence-electron chi connectivity index (χ0n) is 16.2. The first-order chi connectivity index (χ1) is 12.0. The molecule has 2 aromatic rings. The molecule has 0 radical (unpaired) electrons. The van der Waals surface area contributed by atoms with Gasteiger partial charge in [0.25, 0.3) is 0 Å². The van der Waals surface area contributed by atoms with Crippen molar-refractivity contribution in [1.29, 1.82) is 0 Å². The van der Waals surface area contributed by atoms with Gasteiger partial charge < -0.3 is 10.6 Å². The Labute approximate surface area is 154 Å². The molecular formula is C20H26N4O2. The molecule has 2 aromatic heterocycles. The number of nitrogens with one attached hydrogen (secondary N) is 2. The first kappa shape index (κ1) is 19.6. The van der Waals surface area contributed by atoms with E-state index in [0.717, 1.165) is 0 Å². The number of carbonyl (C=O) groups is 2. The maximum absolute atomic E-state index is 12.0. The maximum Gasteiger partial charge on any atom is 0.229 e. The zero-order chi connectivity index (χ0) is 19.5. The van der Waals surface area contributed by atoms with E-state index in [9.17, 15) is 9.59 Å². The first-order valence-corrected chi connectivity index (χ1v) is 8.52. The monoisotopic (exact) mass is 354 g/mol. The van der Waals surface area contributed by atoms with Crippen LogP contribution in [0.25, 0.3) is 11.4 Å². The molecule has 0 unspecified atom stereocenters. The molecule has 0 saturated heterocycles. The number of nitrogens with zero attached hydrogens (tertiary/aromatic N) is 2. The van der Waals surface area contributed by atoms with Crippen molar-refractivity contribution in [1.82, 2.24) is 9.97 Å². The Morgan fingerprint density at radius 3 is 1.27 bits per heavy atom. The van der Waals surface area contributed by atoms with Gasteiger partial charge in [-0.1, -0.05) is 41.5 Å². The van der Waals surface area contributed by atoms with Crippen LogP contribution in [-0.4, -0.2) is 21.8 Å². The lowest BCUT2D eigenvalue weighted by molar-refractivity contribution is -0.123. The predicted octanol–water partition coefficient (Wildman–Crippen LogP) is 4.11. The molecule has 0 aliphatic heterocycles. The lowest BCUT2D eigenvalue weighted by atomic mass is 9.95. The van der Waals surface area contributed by atoms with E-state index in [1.807, 2.05) is 41.5 Å². The van der Waals surface area contributed by atoms with Crippen molar-refractivity contribution in [3.63, 3.8) is 0 Å². The Hall–Kier alpha value is -2.76. The van der Waals surface area contributed by atoms with Crippen LogP contribution in [0.4, 0.5) is 11.4 Å². The Kier molecular flexibility index (Phi) is 5.44. The van der Waals surface area contributed by atoms with Gasteiger partial charge in [0.2, 0.25) is 11.8 Å². The van der Waals surface area contributed by atoms with E-state index >= 15 is 0 Å². The van der Waals surface area contributed by atoms with Gasteiger partial charge in [-0.05, 0) is 24.3 Å². The molecule has 6 heteroatoms. The van der Waals surface area contributed by atoms with E-state index in [4.69, 9.17) is 0 Å². The molecule has 2 N–H and O–H groups in total. The highest BCUT2D eigenvalue weighted by atomic mass is 16.2. The second kappa shape index (κ2) is 7.23. The summed E-state index contributed by atoms with van der Waals surface area (Å²) in [5.41, 5.74) is 1.73. The number of hydrogen-bond donors (Lipinski definition) is 2. The number of rotatable bonds is 3. The maximum atomic E-state index is 12.0. The summed E-state index contributed by atoms with van der Waals surface area (Å²) < 4.78 is 0. The van der Waals surface area contributed by atoms with Crippen LogP contribution in [0.2, 0.25) is 0 Å². The summed E-state index contributed by atoms with van der Waals surface area (Å²) in [6, 6.07) is 7.19. The highest BCUT2D eigenvalue weighted by Gasteiger charge is 2.22. The van der Waals surface area contributed by atoms with Crippen molar-refractivity contribution in [2.24, 2.45) is 10.8 Å². The van der Waals surface area contributed by atoms with E-state index < -0.39 is 10.8 Å². The van der Waals surface area contributed by atoms with E-state index in [2.05, 4.69) is 20.6 Å². The quantitative estimate of drug-likeness (QED) is 0.868. The predicted molar refractivity (Wildman–Crippen MR) is 104 cm³/mol. The molecule has 0 aliphatic rings. The van der Waals surface area contributed by atoms with Gasteiger partial charge >= 0.3 is 0 Å². The van der Waals surface area contributed by atoms with Crippen LogP contribution in [0.5, 0.6) is 0 Å². The molecule has 0 atom stereocenters. The normalized spacial score (nSPS) is 11.8. The summed E-state index contributed by atoms with van der Waals surface area (Å²) in [5.74, 6) is -0.131. The minimum Gasteiger partial charge on any atom is -0.324 e. The van der Waals surface area contributed by atoms with E-state index in [1.165, 1.54) is 0 Å². The topological polar surface area (TPSA) is 84.0 Å². The van der Waals surface area contributed by atoms with Gasteiger partial charge in [0.15, 0.2) is 0 Å². The average molecular weight is 354 g/mol. The van der Waals surface area contributed by atoms with E-state index in [-0.39, 0.29) is 11.8 Å². The fourth-order valence-corrected chi connectivity index (χ4v) is 1.88. The number of carbonyl (C=O) groups excluding carboxylic acids is 2. The lowest BCUT2D eigenvalue weighted by Gasteiger charge is -2.18.